The van der Waals surface area contributed by atoms with Gasteiger partial charge < -0.3 is 20.4 Å². The molecule has 0 bridgehead atoms. The van der Waals surface area contributed by atoms with Crippen LogP contribution in [-0.4, -0.2) is 35.3 Å². The van der Waals surface area contributed by atoms with Gasteiger partial charge in [0.1, 0.15) is 6.04 Å². The Hall–Kier alpha value is -3.94. The fraction of sp³-hybridized carbons (Fsp3) is 0.217. The number of carbonyl (C=O) groups is 3. The molecule has 8 nitrogen and oxygen atoms in total. The summed E-state index contributed by atoms with van der Waals surface area (Å²) in [5.74, 6) is -0.903. The first-order valence-corrected chi connectivity index (χ1v) is 9.93. The number of pyridine rings is 1. The zero-order chi connectivity index (χ0) is 21.9. The Morgan fingerprint density at radius 2 is 1.68 bits per heavy atom. The molecule has 31 heavy (non-hydrogen) atoms. The lowest BCUT2D eigenvalue weighted by Crippen LogP contribution is -2.48. The summed E-state index contributed by atoms with van der Waals surface area (Å²) in [5.41, 5.74) is 1.84. The number of nitrogens with one attached hydrogen (secondary N) is 3. The van der Waals surface area contributed by atoms with Gasteiger partial charge in [-0.25, -0.2) is 0 Å². The van der Waals surface area contributed by atoms with Crippen LogP contribution < -0.4 is 16.0 Å². The van der Waals surface area contributed by atoms with Crippen LogP contribution in [0, 0.1) is 0 Å². The second-order valence-corrected chi connectivity index (χ2v) is 6.87. The van der Waals surface area contributed by atoms with E-state index >= 15 is 0 Å². The standard InChI is InChI=1S/C23H24N4O4/c28-21(26-16-18-8-11-24-12-9-18)10-13-25-22(29)19(15-17-5-2-1-3-6-17)27-23(30)20-7-4-14-31-20/h1-9,11-12,14,19H,10,13,15-16H2,(H,25,29)(H,26,28)(H,27,30). The summed E-state index contributed by atoms with van der Waals surface area (Å²) < 4.78 is 5.10. The van der Waals surface area contributed by atoms with Gasteiger partial charge in [-0.1, -0.05) is 30.3 Å². The van der Waals surface area contributed by atoms with Gasteiger partial charge in [-0.15, -0.1) is 0 Å². The first-order chi connectivity index (χ1) is 15.1. The predicted octanol–water partition coefficient (Wildman–Crippen LogP) is 1.84. The Labute approximate surface area is 180 Å². The lowest BCUT2D eigenvalue weighted by molar-refractivity contribution is -0.123. The number of carbonyl (C=O) groups excluding carboxylic acids is 3. The van der Waals surface area contributed by atoms with E-state index in [0.717, 1.165) is 11.1 Å². The number of hydrogen-bond donors (Lipinski definition) is 3. The van der Waals surface area contributed by atoms with E-state index in [4.69, 9.17) is 4.42 Å². The Bertz CT molecular complexity index is 975. The minimum absolute atomic E-state index is 0.126. The topological polar surface area (TPSA) is 113 Å². The average molecular weight is 420 g/mol. The highest BCUT2D eigenvalue weighted by molar-refractivity contribution is 5.95. The van der Waals surface area contributed by atoms with E-state index in [1.165, 1.54) is 12.3 Å². The molecule has 8 heteroatoms. The molecule has 1 unspecified atom stereocenters. The van der Waals surface area contributed by atoms with Crippen LogP contribution in [0.1, 0.15) is 28.1 Å². The first kappa shape index (κ1) is 21.8. The van der Waals surface area contributed by atoms with Crippen molar-refractivity contribution in [3.8, 4) is 0 Å². The zero-order valence-corrected chi connectivity index (χ0v) is 16.9. The summed E-state index contributed by atoms with van der Waals surface area (Å²) in [5, 5.41) is 8.22. The zero-order valence-electron chi connectivity index (χ0n) is 16.9. The van der Waals surface area contributed by atoms with Crippen molar-refractivity contribution >= 4 is 17.7 Å². The van der Waals surface area contributed by atoms with Crippen LogP contribution in [-0.2, 0) is 22.6 Å². The molecule has 1 atom stereocenters. The van der Waals surface area contributed by atoms with Crippen molar-refractivity contribution in [2.24, 2.45) is 0 Å². The average Bonchev–Trinajstić information content (AvgIpc) is 3.34. The number of benzene rings is 1. The minimum Gasteiger partial charge on any atom is -0.459 e. The molecule has 3 amide bonds. The van der Waals surface area contributed by atoms with Crippen molar-refractivity contribution in [1.82, 2.24) is 20.9 Å². The molecule has 160 valence electrons. The minimum atomic E-state index is -0.806. The van der Waals surface area contributed by atoms with E-state index in [2.05, 4.69) is 20.9 Å². The van der Waals surface area contributed by atoms with Crippen LogP contribution in [0.4, 0.5) is 0 Å². The Balaban J connectivity index is 1.51. The third-order valence-corrected chi connectivity index (χ3v) is 4.54. The molecule has 0 aliphatic heterocycles. The van der Waals surface area contributed by atoms with Crippen LogP contribution in [0.15, 0.2) is 77.7 Å². The van der Waals surface area contributed by atoms with Gasteiger partial charge in [0.2, 0.25) is 11.8 Å². The van der Waals surface area contributed by atoms with Crippen molar-refractivity contribution in [2.75, 3.05) is 6.54 Å². The van der Waals surface area contributed by atoms with Gasteiger partial charge in [0.05, 0.1) is 6.26 Å². The molecule has 0 radical (unpaired) electrons. The molecule has 1 aromatic carbocycles. The maximum Gasteiger partial charge on any atom is 0.287 e. The summed E-state index contributed by atoms with van der Waals surface area (Å²) in [6.07, 6.45) is 5.15. The van der Waals surface area contributed by atoms with Gasteiger partial charge in [-0.05, 0) is 35.4 Å². The van der Waals surface area contributed by atoms with E-state index in [1.807, 2.05) is 42.5 Å². The summed E-state index contributed by atoms with van der Waals surface area (Å²) in [7, 11) is 0. The third kappa shape index (κ3) is 7.11. The molecule has 3 aromatic rings. The van der Waals surface area contributed by atoms with Crippen molar-refractivity contribution in [3.05, 3.63) is 90.1 Å². The fourth-order valence-electron chi connectivity index (χ4n) is 2.91. The van der Waals surface area contributed by atoms with Crippen molar-refractivity contribution in [2.45, 2.75) is 25.4 Å². The fourth-order valence-corrected chi connectivity index (χ4v) is 2.91. The highest BCUT2D eigenvalue weighted by atomic mass is 16.3. The van der Waals surface area contributed by atoms with Gasteiger partial charge in [0, 0.05) is 38.3 Å². The molecular formula is C23H24N4O4. The van der Waals surface area contributed by atoms with Crippen LogP contribution in [0.5, 0.6) is 0 Å². The number of amides is 3. The highest BCUT2D eigenvalue weighted by Gasteiger charge is 2.23. The Morgan fingerprint density at radius 3 is 2.39 bits per heavy atom. The SMILES string of the molecule is O=C(CCNC(=O)C(Cc1ccccc1)NC(=O)c1ccco1)NCc1ccncc1. The van der Waals surface area contributed by atoms with Crippen molar-refractivity contribution < 1.29 is 18.8 Å². The van der Waals surface area contributed by atoms with E-state index < -0.39 is 11.9 Å². The lowest BCUT2D eigenvalue weighted by Gasteiger charge is -2.18. The molecule has 3 rings (SSSR count). The van der Waals surface area contributed by atoms with Crippen molar-refractivity contribution in [3.63, 3.8) is 0 Å². The summed E-state index contributed by atoms with van der Waals surface area (Å²) in [6.45, 7) is 0.550. The molecular weight excluding hydrogens is 396 g/mol. The van der Waals surface area contributed by atoms with E-state index in [0.29, 0.717) is 13.0 Å². The molecule has 0 aliphatic carbocycles. The van der Waals surface area contributed by atoms with Crippen molar-refractivity contribution in [1.29, 1.82) is 0 Å². The maximum atomic E-state index is 12.7. The lowest BCUT2D eigenvalue weighted by atomic mass is 10.0. The highest BCUT2D eigenvalue weighted by Crippen LogP contribution is 2.06. The van der Waals surface area contributed by atoms with Gasteiger partial charge in [0.25, 0.3) is 5.91 Å². The number of aromatic nitrogens is 1. The van der Waals surface area contributed by atoms with Crippen LogP contribution in [0.3, 0.4) is 0 Å². The monoisotopic (exact) mass is 420 g/mol. The van der Waals surface area contributed by atoms with Gasteiger partial charge in [0.15, 0.2) is 5.76 Å². The Kier molecular flexibility index (Phi) is 7.93. The quantitative estimate of drug-likeness (QED) is 0.463. The molecule has 2 aromatic heterocycles. The number of nitrogens with zero attached hydrogens (tertiary/aromatic N) is 1. The predicted molar refractivity (Wildman–Crippen MR) is 114 cm³/mol. The van der Waals surface area contributed by atoms with Crippen LogP contribution >= 0.6 is 0 Å². The molecule has 0 spiro atoms. The number of rotatable bonds is 10. The normalized spacial score (nSPS) is 11.4. The maximum absolute atomic E-state index is 12.7. The van der Waals surface area contributed by atoms with E-state index in [9.17, 15) is 14.4 Å². The third-order valence-electron chi connectivity index (χ3n) is 4.54. The molecule has 0 saturated heterocycles. The molecule has 0 fully saturated rings. The number of hydrogen-bond acceptors (Lipinski definition) is 5. The molecule has 0 aliphatic rings. The molecule has 0 saturated carbocycles. The van der Waals surface area contributed by atoms with E-state index in [1.54, 1.807) is 18.5 Å². The van der Waals surface area contributed by atoms with Gasteiger partial charge in [-0.2, -0.15) is 0 Å². The van der Waals surface area contributed by atoms with Gasteiger partial charge >= 0.3 is 0 Å². The van der Waals surface area contributed by atoms with Crippen LogP contribution in [0.25, 0.3) is 0 Å². The smallest absolute Gasteiger partial charge is 0.287 e. The Morgan fingerprint density at radius 1 is 0.903 bits per heavy atom. The second kappa shape index (κ2) is 11.3. The van der Waals surface area contributed by atoms with Gasteiger partial charge in [-0.3, -0.25) is 19.4 Å². The largest absolute Gasteiger partial charge is 0.459 e. The van der Waals surface area contributed by atoms with E-state index in [-0.39, 0.29) is 30.5 Å². The molecule has 3 N–H and O–H groups in total. The number of furan rings is 1. The summed E-state index contributed by atoms with van der Waals surface area (Å²) >= 11 is 0. The summed E-state index contributed by atoms with van der Waals surface area (Å²) in [6, 6.07) is 15.3. The first-order valence-electron chi connectivity index (χ1n) is 9.93. The van der Waals surface area contributed by atoms with Crippen LogP contribution in [0.2, 0.25) is 0 Å². The second-order valence-electron chi connectivity index (χ2n) is 6.87. The molecule has 2 heterocycles. The summed E-state index contributed by atoms with van der Waals surface area (Å²) in [4.78, 5) is 41.0.